The molecule has 3 rings (SSSR count). The molecule has 3 nitrogen and oxygen atoms in total. The molecule has 0 aliphatic heterocycles. The quantitative estimate of drug-likeness (QED) is 0.670. The minimum atomic E-state index is -0.327. The molecule has 1 N–H and O–H groups in total. The van der Waals surface area contributed by atoms with Crippen LogP contribution in [-0.4, -0.2) is 23.1 Å². The molecule has 0 saturated carbocycles. The second-order valence-corrected chi connectivity index (χ2v) is 6.21. The molecule has 23 heavy (non-hydrogen) atoms. The molecule has 0 bridgehead atoms. The van der Waals surface area contributed by atoms with Gasteiger partial charge in [-0.3, -0.25) is 5.10 Å². The maximum absolute atomic E-state index is 13.9. The Balaban J connectivity index is 2.20. The monoisotopic (exact) mass is 328 g/mol. The van der Waals surface area contributed by atoms with Gasteiger partial charge in [-0.25, -0.2) is 4.39 Å². The zero-order valence-corrected chi connectivity index (χ0v) is 13.8. The number of nitrogens with zero attached hydrogens (tertiary/aromatic N) is 1. The highest BCUT2D eigenvalue weighted by Crippen LogP contribution is 2.39. The molecule has 3 aromatic rings. The second-order valence-electron chi connectivity index (χ2n) is 4.96. The number of H-pyrrole nitrogens is 1. The van der Waals surface area contributed by atoms with E-state index in [4.69, 9.17) is 4.74 Å². The first-order valence-electron chi connectivity index (χ1n) is 7.34. The number of hydrogen-bond donors (Lipinski definition) is 1. The van der Waals surface area contributed by atoms with Crippen molar-refractivity contribution in [2.45, 2.75) is 11.9 Å². The van der Waals surface area contributed by atoms with Gasteiger partial charge in [0.15, 0.2) is 0 Å². The van der Waals surface area contributed by atoms with Crippen LogP contribution in [0.1, 0.15) is 6.92 Å². The van der Waals surface area contributed by atoms with Gasteiger partial charge in [-0.05, 0) is 23.4 Å². The Bertz CT molecular complexity index is 802. The summed E-state index contributed by atoms with van der Waals surface area (Å²) in [4.78, 5) is 0. The van der Waals surface area contributed by atoms with Gasteiger partial charge >= 0.3 is 0 Å². The highest BCUT2D eigenvalue weighted by atomic mass is 32.2. The molecule has 0 amide bonds. The minimum absolute atomic E-state index is 0.327. The maximum atomic E-state index is 13.9. The number of thioether (sulfide) groups is 1. The molecule has 1 heterocycles. The van der Waals surface area contributed by atoms with E-state index in [2.05, 4.69) is 17.1 Å². The second kappa shape index (κ2) is 6.87. The third kappa shape index (κ3) is 3.24. The van der Waals surface area contributed by atoms with Crippen LogP contribution in [0.25, 0.3) is 22.4 Å². The van der Waals surface area contributed by atoms with Crippen molar-refractivity contribution in [1.29, 1.82) is 0 Å². The van der Waals surface area contributed by atoms with E-state index >= 15 is 0 Å². The summed E-state index contributed by atoms with van der Waals surface area (Å²) in [7, 11) is 1.54. The van der Waals surface area contributed by atoms with E-state index in [1.165, 1.54) is 19.2 Å². The van der Waals surface area contributed by atoms with Crippen molar-refractivity contribution in [3.63, 3.8) is 0 Å². The van der Waals surface area contributed by atoms with Crippen LogP contribution in [0.5, 0.6) is 5.75 Å². The molecule has 0 saturated heterocycles. The van der Waals surface area contributed by atoms with Crippen LogP contribution in [0, 0.1) is 5.82 Å². The first-order chi connectivity index (χ1) is 11.2. The number of aromatic amines is 1. The average molecular weight is 328 g/mol. The number of methoxy groups -OCH3 is 1. The maximum Gasteiger partial charge on any atom is 0.127 e. The van der Waals surface area contributed by atoms with Gasteiger partial charge < -0.3 is 4.74 Å². The Morgan fingerprint density at radius 1 is 1.13 bits per heavy atom. The summed E-state index contributed by atoms with van der Waals surface area (Å²) in [5.74, 6) is 1.05. The number of rotatable bonds is 5. The highest BCUT2D eigenvalue weighted by molar-refractivity contribution is 7.99. The summed E-state index contributed by atoms with van der Waals surface area (Å²) in [6.45, 7) is 2.07. The van der Waals surface area contributed by atoms with E-state index in [0.717, 1.165) is 33.2 Å². The van der Waals surface area contributed by atoms with Crippen molar-refractivity contribution in [3.05, 3.63) is 54.3 Å². The normalized spacial score (nSPS) is 10.7. The smallest absolute Gasteiger partial charge is 0.127 e. The topological polar surface area (TPSA) is 37.9 Å². The molecular weight excluding hydrogens is 311 g/mol. The summed E-state index contributed by atoms with van der Waals surface area (Å²) in [6.07, 6.45) is 0. The van der Waals surface area contributed by atoms with E-state index in [1.54, 1.807) is 11.8 Å². The molecule has 0 aliphatic carbocycles. The summed E-state index contributed by atoms with van der Waals surface area (Å²) in [5.41, 5.74) is 3.56. The fourth-order valence-corrected chi connectivity index (χ4v) is 3.22. The first kappa shape index (κ1) is 15.6. The van der Waals surface area contributed by atoms with Crippen LogP contribution < -0.4 is 4.74 Å². The average Bonchev–Trinajstić information content (AvgIpc) is 2.99. The van der Waals surface area contributed by atoms with Gasteiger partial charge in [-0.2, -0.15) is 5.10 Å². The summed E-state index contributed by atoms with van der Waals surface area (Å²) in [6, 6.07) is 14.6. The molecule has 118 valence electrons. The van der Waals surface area contributed by atoms with Crippen LogP contribution in [0.2, 0.25) is 0 Å². The van der Waals surface area contributed by atoms with Crippen molar-refractivity contribution >= 4 is 11.8 Å². The van der Waals surface area contributed by atoms with Gasteiger partial charge in [0.2, 0.25) is 0 Å². The van der Waals surface area contributed by atoms with Crippen LogP contribution in [0.4, 0.5) is 4.39 Å². The lowest BCUT2D eigenvalue weighted by atomic mass is 10.0. The largest absolute Gasteiger partial charge is 0.497 e. The molecule has 0 spiro atoms. The lowest BCUT2D eigenvalue weighted by Crippen LogP contribution is -1.89. The Morgan fingerprint density at radius 3 is 2.61 bits per heavy atom. The van der Waals surface area contributed by atoms with Crippen molar-refractivity contribution in [2.24, 2.45) is 0 Å². The fraction of sp³-hybridized carbons (Fsp3) is 0.167. The van der Waals surface area contributed by atoms with E-state index in [1.807, 2.05) is 36.4 Å². The highest BCUT2D eigenvalue weighted by Gasteiger charge is 2.18. The third-order valence-corrected chi connectivity index (χ3v) is 4.33. The SMILES string of the molecule is CCSc1n[nH]c(-c2ccccc2)c1-c1cc(F)cc(OC)c1. The molecule has 0 unspecified atom stereocenters. The molecule has 0 fully saturated rings. The fourth-order valence-electron chi connectivity index (χ4n) is 2.47. The van der Waals surface area contributed by atoms with Crippen LogP contribution in [0.15, 0.2) is 53.6 Å². The van der Waals surface area contributed by atoms with Gasteiger partial charge in [-0.15, -0.1) is 11.8 Å². The molecule has 0 atom stereocenters. The van der Waals surface area contributed by atoms with Crippen LogP contribution in [-0.2, 0) is 0 Å². The van der Waals surface area contributed by atoms with Crippen LogP contribution >= 0.6 is 11.8 Å². The number of aromatic nitrogens is 2. The predicted molar refractivity (Wildman–Crippen MR) is 92.4 cm³/mol. The summed E-state index contributed by atoms with van der Waals surface area (Å²) >= 11 is 1.63. The van der Waals surface area contributed by atoms with E-state index in [-0.39, 0.29) is 5.82 Å². The van der Waals surface area contributed by atoms with E-state index in [0.29, 0.717) is 5.75 Å². The molecule has 0 aliphatic rings. The number of benzene rings is 2. The van der Waals surface area contributed by atoms with Gasteiger partial charge in [0.25, 0.3) is 0 Å². The first-order valence-corrected chi connectivity index (χ1v) is 8.33. The molecule has 5 heteroatoms. The van der Waals surface area contributed by atoms with Gasteiger partial charge in [0.1, 0.15) is 16.6 Å². The Hall–Kier alpha value is -2.27. The Kier molecular flexibility index (Phi) is 4.67. The summed E-state index contributed by atoms with van der Waals surface area (Å²) in [5, 5.41) is 8.38. The zero-order chi connectivity index (χ0) is 16.2. The van der Waals surface area contributed by atoms with Crippen LogP contribution in [0.3, 0.4) is 0 Å². The van der Waals surface area contributed by atoms with Gasteiger partial charge in [0, 0.05) is 17.2 Å². The predicted octanol–water partition coefficient (Wildman–Crippen LogP) is 5.00. The third-order valence-electron chi connectivity index (χ3n) is 3.47. The zero-order valence-electron chi connectivity index (χ0n) is 13.0. The number of halogens is 1. The molecular formula is C18H17FN2OS. The minimum Gasteiger partial charge on any atom is -0.497 e. The number of nitrogens with one attached hydrogen (secondary N) is 1. The Morgan fingerprint density at radius 2 is 1.91 bits per heavy atom. The molecule has 0 radical (unpaired) electrons. The Labute approximate surface area is 138 Å². The van der Waals surface area contributed by atoms with Crippen molar-refractivity contribution in [3.8, 4) is 28.1 Å². The van der Waals surface area contributed by atoms with Gasteiger partial charge in [0.05, 0.1) is 12.8 Å². The lowest BCUT2D eigenvalue weighted by molar-refractivity contribution is 0.411. The molecule has 2 aromatic carbocycles. The van der Waals surface area contributed by atoms with Crippen molar-refractivity contribution < 1.29 is 9.13 Å². The number of hydrogen-bond acceptors (Lipinski definition) is 3. The standard InChI is InChI=1S/C18H17FN2OS/c1-3-23-18-16(13-9-14(19)11-15(10-13)22-2)17(20-21-18)12-7-5-4-6-8-12/h4-11H,3H2,1-2H3,(H,20,21). The summed E-state index contributed by atoms with van der Waals surface area (Å²) < 4.78 is 19.1. The van der Waals surface area contributed by atoms with Crippen molar-refractivity contribution in [1.82, 2.24) is 10.2 Å². The van der Waals surface area contributed by atoms with Crippen molar-refractivity contribution in [2.75, 3.05) is 12.9 Å². The molecule has 1 aromatic heterocycles. The van der Waals surface area contributed by atoms with Gasteiger partial charge in [-0.1, -0.05) is 37.3 Å². The van der Waals surface area contributed by atoms with E-state index < -0.39 is 0 Å². The van der Waals surface area contributed by atoms with E-state index in [9.17, 15) is 4.39 Å². The lowest BCUT2D eigenvalue weighted by Gasteiger charge is -2.08. The number of ether oxygens (including phenoxy) is 1.